The monoisotopic (exact) mass is 307 g/mol. The van der Waals surface area contributed by atoms with Crippen molar-refractivity contribution < 1.29 is 4.74 Å². The molecule has 0 saturated heterocycles. The van der Waals surface area contributed by atoms with Crippen LogP contribution in [0.15, 0.2) is 66.7 Å². The minimum atomic E-state index is 0.508. The van der Waals surface area contributed by atoms with Gasteiger partial charge in [-0.15, -0.1) is 0 Å². The predicted molar refractivity (Wildman–Crippen MR) is 91.3 cm³/mol. The summed E-state index contributed by atoms with van der Waals surface area (Å²) in [5.41, 5.74) is 3.32. The minimum Gasteiger partial charge on any atom is -0.487 e. The standard InChI is InChI=1S/C19H21N3O/c1-20-13-17-12-18(15-23-19-10-6-3-7-11-19)22(21-17)14-16-8-4-2-5-9-16/h2-12,20H,13-15H2,1H3. The van der Waals surface area contributed by atoms with E-state index in [2.05, 4.69) is 28.6 Å². The van der Waals surface area contributed by atoms with Crippen molar-refractivity contribution in [2.24, 2.45) is 0 Å². The van der Waals surface area contributed by atoms with Gasteiger partial charge in [-0.3, -0.25) is 4.68 Å². The average Bonchev–Trinajstić information content (AvgIpc) is 2.97. The van der Waals surface area contributed by atoms with Crippen LogP contribution in [0.4, 0.5) is 0 Å². The molecule has 3 aromatic rings. The molecule has 0 radical (unpaired) electrons. The second-order valence-corrected chi connectivity index (χ2v) is 5.40. The van der Waals surface area contributed by atoms with Crippen LogP contribution >= 0.6 is 0 Å². The second kappa shape index (κ2) is 7.61. The number of nitrogens with one attached hydrogen (secondary N) is 1. The molecule has 1 aromatic heterocycles. The smallest absolute Gasteiger partial charge is 0.130 e. The summed E-state index contributed by atoms with van der Waals surface area (Å²) in [5.74, 6) is 0.870. The van der Waals surface area contributed by atoms with Gasteiger partial charge in [-0.1, -0.05) is 48.5 Å². The van der Waals surface area contributed by atoms with E-state index in [0.29, 0.717) is 6.61 Å². The Kier molecular flexibility index (Phi) is 5.06. The molecule has 23 heavy (non-hydrogen) atoms. The lowest BCUT2D eigenvalue weighted by Crippen LogP contribution is -2.10. The van der Waals surface area contributed by atoms with Crippen LogP contribution in [0.5, 0.6) is 5.75 Å². The van der Waals surface area contributed by atoms with Crippen LogP contribution in [0, 0.1) is 0 Å². The van der Waals surface area contributed by atoms with Gasteiger partial charge in [0.2, 0.25) is 0 Å². The molecule has 1 heterocycles. The summed E-state index contributed by atoms with van der Waals surface area (Å²) in [6.45, 7) is 2.01. The first kappa shape index (κ1) is 15.3. The molecule has 4 heteroatoms. The molecule has 0 aliphatic rings. The van der Waals surface area contributed by atoms with Crippen molar-refractivity contribution in [1.29, 1.82) is 0 Å². The summed E-state index contributed by atoms with van der Waals surface area (Å²) >= 11 is 0. The van der Waals surface area contributed by atoms with Gasteiger partial charge in [-0.05, 0) is 30.8 Å². The third-order valence-electron chi connectivity index (χ3n) is 3.58. The fraction of sp³-hybridized carbons (Fsp3) is 0.211. The van der Waals surface area contributed by atoms with Crippen molar-refractivity contribution in [2.45, 2.75) is 19.7 Å². The molecule has 0 atom stereocenters. The fourth-order valence-electron chi connectivity index (χ4n) is 2.47. The van der Waals surface area contributed by atoms with Crippen molar-refractivity contribution in [3.63, 3.8) is 0 Å². The number of rotatable bonds is 7. The Bertz CT molecular complexity index is 723. The zero-order chi connectivity index (χ0) is 15.9. The summed E-state index contributed by atoms with van der Waals surface area (Å²) < 4.78 is 7.90. The van der Waals surface area contributed by atoms with Crippen molar-refractivity contribution in [3.8, 4) is 5.75 Å². The highest BCUT2D eigenvalue weighted by Crippen LogP contribution is 2.14. The van der Waals surface area contributed by atoms with E-state index >= 15 is 0 Å². The lowest BCUT2D eigenvalue weighted by atomic mass is 10.2. The Labute approximate surface area is 136 Å². The highest BCUT2D eigenvalue weighted by atomic mass is 16.5. The topological polar surface area (TPSA) is 39.1 Å². The maximum atomic E-state index is 5.88. The Morgan fingerprint density at radius 3 is 2.39 bits per heavy atom. The van der Waals surface area contributed by atoms with Gasteiger partial charge in [0.15, 0.2) is 0 Å². The number of hydrogen-bond donors (Lipinski definition) is 1. The third-order valence-corrected chi connectivity index (χ3v) is 3.58. The summed E-state index contributed by atoms with van der Waals surface area (Å²) in [4.78, 5) is 0. The SMILES string of the molecule is CNCc1cc(COc2ccccc2)n(Cc2ccccc2)n1. The van der Waals surface area contributed by atoms with Crippen LogP contribution in [-0.4, -0.2) is 16.8 Å². The number of benzene rings is 2. The first-order chi connectivity index (χ1) is 11.3. The molecule has 0 aliphatic heterocycles. The van der Waals surface area contributed by atoms with Crippen molar-refractivity contribution >= 4 is 0 Å². The average molecular weight is 307 g/mol. The number of aromatic nitrogens is 2. The second-order valence-electron chi connectivity index (χ2n) is 5.40. The molecular weight excluding hydrogens is 286 g/mol. The molecule has 118 valence electrons. The van der Waals surface area contributed by atoms with Crippen LogP contribution in [0.25, 0.3) is 0 Å². The van der Waals surface area contributed by atoms with Gasteiger partial charge in [0, 0.05) is 6.54 Å². The normalized spacial score (nSPS) is 10.7. The Morgan fingerprint density at radius 2 is 1.70 bits per heavy atom. The van der Waals surface area contributed by atoms with Gasteiger partial charge in [0.25, 0.3) is 0 Å². The Morgan fingerprint density at radius 1 is 1.00 bits per heavy atom. The molecule has 3 rings (SSSR count). The van der Waals surface area contributed by atoms with Gasteiger partial charge >= 0.3 is 0 Å². The maximum absolute atomic E-state index is 5.88. The lowest BCUT2D eigenvalue weighted by molar-refractivity contribution is 0.293. The summed E-state index contributed by atoms with van der Waals surface area (Å²) in [6.07, 6.45) is 0. The van der Waals surface area contributed by atoms with Crippen LogP contribution in [-0.2, 0) is 19.7 Å². The molecular formula is C19H21N3O. The van der Waals surface area contributed by atoms with Gasteiger partial charge in [0.1, 0.15) is 12.4 Å². The van der Waals surface area contributed by atoms with Crippen molar-refractivity contribution in [1.82, 2.24) is 15.1 Å². The maximum Gasteiger partial charge on any atom is 0.130 e. The van der Waals surface area contributed by atoms with Gasteiger partial charge < -0.3 is 10.1 Å². The fourth-order valence-corrected chi connectivity index (χ4v) is 2.47. The number of para-hydroxylation sites is 1. The molecule has 2 aromatic carbocycles. The summed E-state index contributed by atoms with van der Waals surface area (Å²) in [7, 11) is 1.93. The number of ether oxygens (including phenoxy) is 1. The zero-order valence-corrected chi connectivity index (χ0v) is 13.3. The predicted octanol–water partition coefficient (Wildman–Crippen LogP) is 3.23. The van der Waals surface area contributed by atoms with E-state index in [4.69, 9.17) is 4.74 Å². The van der Waals surface area contributed by atoms with Gasteiger partial charge in [0.05, 0.1) is 17.9 Å². The van der Waals surface area contributed by atoms with Crippen molar-refractivity contribution in [2.75, 3.05) is 7.05 Å². The lowest BCUT2D eigenvalue weighted by Gasteiger charge is -2.09. The summed E-state index contributed by atoms with van der Waals surface area (Å²) in [6, 6.07) is 22.3. The first-order valence-corrected chi connectivity index (χ1v) is 7.77. The molecule has 0 bridgehead atoms. The van der Waals surface area contributed by atoms with Crippen LogP contribution in [0.1, 0.15) is 17.0 Å². The van der Waals surface area contributed by atoms with Crippen molar-refractivity contribution in [3.05, 3.63) is 83.7 Å². The van der Waals surface area contributed by atoms with E-state index in [9.17, 15) is 0 Å². The number of nitrogens with zero attached hydrogens (tertiary/aromatic N) is 2. The highest BCUT2D eigenvalue weighted by molar-refractivity contribution is 5.22. The van der Waals surface area contributed by atoms with E-state index in [0.717, 1.165) is 30.2 Å². The zero-order valence-electron chi connectivity index (χ0n) is 13.3. The van der Waals surface area contributed by atoms with E-state index in [1.807, 2.05) is 60.3 Å². The minimum absolute atomic E-state index is 0.508. The Balaban J connectivity index is 1.77. The van der Waals surface area contributed by atoms with E-state index in [1.54, 1.807) is 0 Å². The molecule has 0 unspecified atom stereocenters. The number of hydrogen-bond acceptors (Lipinski definition) is 3. The van der Waals surface area contributed by atoms with Gasteiger partial charge in [-0.2, -0.15) is 5.10 Å². The van der Waals surface area contributed by atoms with Crippen LogP contribution in [0.3, 0.4) is 0 Å². The third kappa shape index (κ3) is 4.20. The summed E-state index contributed by atoms with van der Waals surface area (Å²) in [5, 5.41) is 7.83. The van der Waals surface area contributed by atoms with E-state index in [1.165, 1.54) is 5.56 Å². The molecule has 4 nitrogen and oxygen atoms in total. The molecule has 1 N–H and O–H groups in total. The first-order valence-electron chi connectivity index (χ1n) is 7.77. The van der Waals surface area contributed by atoms with Crippen LogP contribution < -0.4 is 10.1 Å². The van der Waals surface area contributed by atoms with Gasteiger partial charge in [-0.25, -0.2) is 0 Å². The molecule has 0 fully saturated rings. The molecule has 0 spiro atoms. The quantitative estimate of drug-likeness (QED) is 0.728. The van der Waals surface area contributed by atoms with Crippen LogP contribution in [0.2, 0.25) is 0 Å². The molecule has 0 saturated carbocycles. The molecule has 0 amide bonds. The molecule has 0 aliphatic carbocycles. The van der Waals surface area contributed by atoms with E-state index < -0.39 is 0 Å². The highest BCUT2D eigenvalue weighted by Gasteiger charge is 2.09. The Hall–Kier alpha value is -2.59. The largest absolute Gasteiger partial charge is 0.487 e. The van der Waals surface area contributed by atoms with E-state index in [-0.39, 0.29) is 0 Å².